The number of hydrogen-bond acceptors (Lipinski definition) is 5. The quantitative estimate of drug-likeness (QED) is 0.444. The van der Waals surface area contributed by atoms with E-state index in [0.717, 1.165) is 29.1 Å². The van der Waals surface area contributed by atoms with Crippen LogP contribution in [0.4, 0.5) is 0 Å². The predicted octanol–water partition coefficient (Wildman–Crippen LogP) is 2.23. The Hall–Kier alpha value is -3.20. The first-order valence-corrected chi connectivity index (χ1v) is 11.5. The molecule has 0 fully saturated rings. The van der Waals surface area contributed by atoms with Crippen molar-refractivity contribution in [1.29, 1.82) is 0 Å². The summed E-state index contributed by atoms with van der Waals surface area (Å²) in [4.78, 5) is 9.31. The topological polar surface area (TPSA) is 101 Å². The molecule has 0 radical (unpaired) electrons. The Bertz CT molecular complexity index is 1120. The third-order valence-corrected chi connectivity index (χ3v) is 5.67. The minimum absolute atomic E-state index is 0.353. The number of rotatable bonds is 7. The number of benzene rings is 1. The first-order chi connectivity index (χ1) is 14.4. The van der Waals surface area contributed by atoms with Crippen LogP contribution in [0.3, 0.4) is 0 Å². The van der Waals surface area contributed by atoms with Crippen molar-refractivity contribution in [2.75, 3.05) is 12.8 Å². The molecular formula is C21H26N6O2S. The van der Waals surface area contributed by atoms with Crippen LogP contribution < -0.4 is 10.6 Å². The maximum atomic E-state index is 11.8. The number of nitrogens with one attached hydrogen (secondary N) is 2. The van der Waals surface area contributed by atoms with Crippen LogP contribution in [0, 0.1) is 6.92 Å². The van der Waals surface area contributed by atoms with Gasteiger partial charge in [0.2, 0.25) is 0 Å². The molecule has 9 heteroatoms. The maximum Gasteiger partial charge on any atom is 0.191 e. The van der Waals surface area contributed by atoms with Crippen molar-refractivity contribution < 1.29 is 8.42 Å². The van der Waals surface area contributed by atoms with Gasteiger partial charge >= 0.3 is 0 Å². The molecular weight excluding hydrogens is 400 g/mol. The third-order valence-electron chi connectivity index (χ3n) is 4.41. The van der Waals surface area contributed by atoms with E-state index in [1.807, 2.05) is 37.4 Å². The molecule has 0 unspecified atom stereocenters. The Balaban J connectivity index is 1.68. The lowest BCUT2D eigenvalue weighted by atomic mass is 10.1. The number of guanidine groups is 1. The van der Waals surface area contributed by atoms with Gasteiger partial charge in [-0.05, 0) is 54.8 Å². The van der Waals surface area contributed by atoms with Crippen LogP contribution in [0.5, 0.6) is 0 Å². The van der Waals surface area contributed by atoms with Crippen LogP contribution in [0.25, 0.3) is 5.82 Å². The molecule has 0 aliphatic rings. The van der Waals surface area contributed by atoms with Crippen LogP contribution in [0.15, 0.2) is 64.9 Å². The van der Waals surface area contributed by atoms with Crippen molar-refractivity contribution >= 4 is 15.8 Å². The van der Waals surface area contributed by atoms with Crippen LogP contribution in [-0.4, -0.2) is 41.9 Å². The smallest absolute Gasteiger partial charge is 0.191 e. The van der Waals surface area contributed by atoms with E-state index in [1.165, 1.54) is 6.26 Å². The first kappa shape index (κ1) is 21.5. The van der Waals surface area contributed by atoms with E-state index in [1.54, 1.807) is 36.1 Å². The summed E-state index contributed by atoms with van der Waals surface area (Å²) in [5.74, 6) is 1.43. The Labute approximate surface area is 177 Å². The van der Waals surface area contributed by atoms with Gasteiger partial charge in [0, 0.05) is 37.9 Å². The summed E-state index contributed by atoms with van der Waals surface area (Å²) in [6.45, 7) is 5.55. The first-order valence-electron chi connectivity index (χ1n) is 9.63. The van der Waals surface area contributed by atoms with Crippen molar-refractivity contribution in [3.63, 3.8) is 0 Å². The fourth-order valence-corrected chi connectivity index (χ4v) is 3.98. The monoisotopic (exact) mass is 426 g/mol. The molecule has 2 N–H and O–H groups in total. The zero-order valence-corrected chi connectivity index (χ0v) is 18.1. The molecule has 0 spiro atoms. The van der Waals surface area contributed by atoms with E-state index in [-0.39, 0.29) is 0 Å². The highest BCUT2D eigenvalue weighted by atomic mass is 32.2. The zero-order valence-electron chi connectivity index (χ0n) is 17.3. The van der Waals surface area contributed by atoms with Crippen molar-refractivity contribution in [2.24, 2.45) is 4.99 Å². The molecule has 3 aromatic rings. The molecule has 0 bridgehead atoms. The van der Waals surface area contributed by atoms with E-state index in [0.29, 0.717) is 23.9 Å². The molecule has 0 saturated heterocycles. The number of pyridine rings is 1. The summed E-state index contributed by atoms with van der Waals surface area (Å²) < 4.78 is 25.3. The normalized spacial score (nSPS) is 12.0. The van der Waals surface area contributed by atoms with Crippen LogP contribution in [-0.2, 0) is 22.9 Å². The standard InChI is InChI=1S/C21H26N6O2S/c1-4-22-21(24-14-17-6-7-19(16(2)12-17)30(3,28)29)25-15-18-8-10-23-20(13-18)27-11-5-9-26-27/h5-13H,4,14-15H2,1-3H3,(H2,22,24,25). The van der Waals surface area contributed by atoms with Gasteiger partial charge in [-0.1, -0.05) is 12.1 Å². The van der Waals surface area contributed by atoms with Crippen molar-refractivity contribution in [1.82, 2.24) is 25.4 Å². The molecule has 0 saturated carbocycles. The second kappa shape index (κ2) is 9.53. The fraction of sp³-hybridized carbons (Fsp3) is 0.286. The van der Waals surface area contributed by atoms with Crippen molar-refractivity contribution in [3.05, 3.63) is 71.7 Å². The summed E-state index contributed by atoms with van der Waals surface area (Å²) in [7, 11) is -3.22. The highest BCUT2D eigenvalue weighted by Gasteiger charge is 2.10. The molecule has 0 aliphatic carbocycles. The maximum absolute atomic E-state index is 11.8. The molecule has 0 aliphatic heterocycles. The molecule has 158 valence electrons. The minimum Gasteiger partial charge on any atom is -0.357 e. The predicted molar refractivity (Wildman–Crippen MR) is 117 cm³/mol. The van der Waals surface area contributed by atoms with Gasteiger partial charge in [-0.25, -0.2) is 23.1 Å². The third kappa shape index (κ3) is 5.66. The fourth-order valence-electron chi connectivity index (χ4n) is 3.02. The highest BCUT2D eigenvalue weighted by molar-refractivity contribution is 7.90. The molecule has 0 atom stereocenters. The van der Waals surface area contributed by atoms with E-state index in [2.05, 4.69) is 25.7 Å². The Morgan fingerprint density at radius 2 is 1.97 bits per heavy atom. The highest BCUT2D eigenvalue weighted by Crippen LogP contribution is 2.17. The largest absolute Gasteiger partial charge is 0.357 e. The average molecular weight is 427 g/mol. The van der Waals surface area contributed by atoms with Gasteiger partial charge in [0.1, 0.15) is 0 Å². The minimum atomic E-state index is -3.22. The Morgan fingerprint density at radius 3 is 2.63 bits per heavy atom. The number of aromatic nitrogens is 3. The van der Waals surface area contributed by atoms with Crippen LogP contribution in [0.1, 0.15) is 23.6 Å². The molecule has 8 nitrogen and oxygen atoms in total. The lowest BCUT2D eigenvalue weighted by Gasteiger charge is -2.12. The molecule has 3 rings (SSSR count). The molecule has 2 aromatic heterocycles. The van der Waals surface area contributed by atoms with Gasteiger partial charge in [-0.15, -0.1) is 0 Å². The summed E-state index contributed by atoms with van der Waals surface area (Å²) in [5, 5.41) is 10.7. The average Bonchev–Trinajstić information content (AvgIpc) is 3.24. The van der Waals surface area contributed by atoms with E-state index in [4.69, 9.17) is 0 Å². The van der Waals surface area contributed by atoms with Gasteiger partial charge in [0.05, 0.1) is 11.4 Å². The summed E-state index contributed by atoms with van der Waals surface area (Å²) in [6.07, 6.45) is 6.54. The molecule has 1 aromatic carbocycles. The Morgan fingerprint density at radius 1 is 1.13 bits per heavy atom. The molecule has 2 heterocycles. The number of nitrogens with zero attached hydrogens (tertiary/aromatic N) is 4. The Kier molecular flexibility index (Phi) is 6.83. The molecule has 0 amide bonds. The summed E-state index contributed by atoms with van der Waals surface area (Å²) >= 11 is 0. The zero-order chi connectivity index (χ0) is 21.6. The van der Waals surface area contributed by atoms with Gasteiger partial charge < -0.3 is 10.6 Å². The SMILES string of the molecule is CCNC(=NCc1ccc(S(C)(=O)=O)c(C)c1)NCc1ccnc(-n2cccn2)c1. The molecule has 30 heavy (non-hydrogen) atoms. The van der Waals surface area contributed by atoms with Crippen molar-refractivity contribution in [2.45, 2.75) is 31.8 Å². The number of aryl methyl sites for hydroxylation is 1. The second-order valence-electron chi connectivity index (χ2n) is 6.89. The number of hydrogen-bond donors (Lipinski definition) is 2. The number of sulfone groups is 1. The van der Waals surface area contributed by atoms with Gasteiger partial charge in [-0.2, -0.15) is 5.10 Å². The van der Waals surface area contributed by atoms with Gasteiger partial charge in [0.15, 0.2) is 21.6 Å². The van der Waals surface area contributed by atoms with Crippen molar-refractivity contribution in [3.8, 4) is 5.82 Å². The summed E-state index contributed by atoms with van der Waals surface area (Å²) in [6, 6.07) is 11.1. The van der Waals surface area contributed by atoms with Gasteiger partial charge in [0.25, 0.3) is 0 Å². The van der Waals surface area contributed by atoms with E-state index in [9.17, 15) is 8.42 Å². The van der Waals surface area contributed by atoms with Crippen LogP contribution in [0.2, 0.25) is 0 Å². The lowest BCUT2D eigenvalue weighted by Crippen LogP contribution is -2.36. The summed E-state index contributed by atoms with van der Waals surface area (Å²) in [5.41, 5.74) is 2.72. The van der Waals surface area contributed by atoms with Gasteiger partial charge in [-0.3, -0.25) is 0 Å². The van der Waals surface area contributed by atoms with E-state index >= 15 is 0 Å². The van der Waals surface area contributed by atoms with E-state index < -0.39 is 9.84 Å². The number of aliphatic imine (C=N–C) groups is 1. The van der Waals surface area contributed by atoms with Crippen LogP contribution >= 0.6 is 0 Å². The lowest BCUT2D eigenvalue weighted by molar-refractivity contribution is 0.601. The second-order valence-corrected chi connectivity index (χ2v) is 8.88.